The van der Waals surface area contributed by atoms with Gasteiger partial charge in [-0.15, -0.1) is 0 Å². The van der Waals surface area contributed by atoms with Gasteiger partial charge in [-0.1, -0.05) is 59.7 Å². The molecule has 0 aromatic heterocycles. The van der Waals surface area contributed by atoms with Crippen LogP contribution >= 0.6 is 0 Å². The normalized spacial score (nSPS) is 10.8. The molecule has 3 aromatic carbocycles. The lowest BCUT2D eigenvalue weighted by Crippen LogP contribution is -2.22. The summed E-state index contributed by atoms with van der Waals surface area (Å²) in [5, 5.41) is 2.97. The van der Waals surface area contributed by atoms with Crippen molar-refractivity contribution >= 4 is 18.0 Å². The van der Waals surface area contributed by atoms with E-state index in [0.29, 0.717) is 12.1 Å². The largest absolute Gasteiger partial charge is 0.466 e. The SMILES string of the molecule is COC(=O)/C=C/c1cc(C(=O)NCc2ccc(C)cc2)cc(-c2ccc(C)cc2)c1. The van der Waals surface area contributed by atoms with E-state index >= 15 is 0 Å². The fourth-order valence-electron chi connectivity index (χ4n) is 3.01. The predicted octanol–water partition coefficient (Wildman–Crippen LogP) is 5.09. The second-order valence-corrected chi connectivity index (χ2v) is 7.23. The van der Waals surface area contributed by atoms with Gasteiger partial charge in [0, 0.05) is 18.2 Å². The van der Waals surface area contributed by atoms with Crippen LogP contribution < -0.4 is 5.32 Å². The molecule has 0 saturated heterocycles. The number of rotatable bonds is 6. The quantitative estimate of drug-likeness (QED) is 0.464. The van der Waals surface area contributed by atoms with Crippen molar-refractivity contribution in [1.82, 2.24) is 5.32 Å². The second kappa shape index (κ2) is 9.70. The summed E-state index contributed by atoms with van der Waals surface area (Å²) in [5.74, 6) is -0.613. The standard InChI is InChI=1S/C26H25NO3/c1-18-4-8-20(9-5-18)17-27-26(29)24-15-21(10-13-25(28)30-3)14-23(16-24)22-11-6-19(2)7-12-22/h4-16H,17H2,1-3H3,(H,27,29)/b13-10+. The molecular weight excluding hydrogens is 374 g/mol. The van der Waals surface area contributed by atoms with Crippen LogP contribution in [0.15, 0.2) is 72.8 Å². The van der Waals surface area contributed by atoms with Crippen LogP contribution in [0.1, 0.15) is 32.6 Å². The minimum atomic E-state index is -0.443. The van der Waals surface area contributed by atoms with Gasteiger partial charge in [0.25, 0.3) is 5.91 Å². The van der Waals surface area contributed by atoms with E-state index in [1.165, 1.54) is 18.7 Å². The van der Waals surface area contributed by atoms with Crippen LogP contribution in [0, 0.1) is 13.8 Å². The van der Waals surface area contributed by atoms with Gasteiger partial charge in [0.1, 0.15) is 0 Å². The number of hydrogen-bond donors (Lipinski definition) is 1. The molecule has 3 rings (SSSR count). The number of esters is 1. The Hall–Kier alpha value is -3.66. The summed E-state index contributed by atoms with van der Waals surface area (Å²) in [4.78, 5) is 24.3. The van der Waals surface area contributed by atoms with Crippen LogP contribution in [0.25, 0.3) is 17.2 Å². The maximum absolute atomic E-state index is 12.8. The smallest absolute Gasteiger partial charge is 0.330 e. The van der Waals surface area contributed by atoms with Gasteiger partial charge < -0.3 is 10.1 Å². The molecule has 0 atom stereocenters. The highest BCUT2D eigenvalue weighted by atomic mass is 16.5. The number of methoxy groups -OCH3 is 1. The third kappa shape index (κ3) is 5.67. The first-order chi connectivity index (χ1) is 14.4. The Morgan fingerprint density at radius 1 is 0.867 bits per heavy atom. The van der Waals surface area contributed by atoms with Gasteiger partial charge in [-0.25, -0.2) is 4.79 Å². The van der Waals surface area contributed by atoms with Crippen LogP contribution in [0.3, 0.4) is 0 Å². The molecule has 0 fully saturated rings. The van der Waals surface area contributed by atoms with Crippen molar-refractivity contribution in [3.05, 3.63) is 101 Å². The van der Waals surface area contributed by atoms with Crippen LogP contribution in [0.5, 0.6) is 0 Å². The Morgan fingerprint density at radius 3 is 2.13 bits per heavy atom. The van der Waals surface area contributed by atoms with E-state index in [1.54, 1.807) is 12.1 Å². The Bertz CT molecular complexity index is 1060. The molecule has 3 aromatic rings. The third-order valence-electron chi connectivity index (χ3n) is 4.79. The highest BCUT2D eigenvalue weighted by Crippen LogP contribution is 2.24. The topological polar surface area (TPSA) is 55.4 Å². The number of benzene rings is 3. The number of nitrogens with one attached hydrogen (secondary N) is 1. The van der Waals surface area contributed by atoms with Crippen LogP contribution in [-0.4, -0.2) is 19.0 Å². The van der Waals surface area contributed by atoms with Crippen molar-refractivity contribution in [2.24, 2.45) is 0 Å². The van der Waals surface area contributed by atoms with Crippen molar-refractivity contribution in [2.75, 3.05) is 7.11 Å². The molecule has 0 aliphatic heterocycles. The molecule has 30 heavy (non-hydrogen) atoms. The lowest BCUT2D eigenvalue weighted by atomic mass is 9.98. The summed E-state index contributed by atoms with van der Waals surface area (Å²) in [6.07, 6.45) is 3.00. The zero-order valence-electron chi connectivity index (χ0n) is 17.4. The average Bonchev–Trinajstić information content (AvgIpc) is 2.77. The van der Waals surface area contributed by atoms with Crippen molar-refractivity contribution in [3.63, 3.8) is 0 Å². The molecule has 0 aliphatic rings. The van der Waals surface area contributed by atoms with E-state index in [4.69, 9.17) is 0 Å². The van der Waals surface area contributed by atoms with E-state index in [0.717, 1.165) is 27.8 Å². The van der Waals surface area contributed by atoms with Gasteiger partial charge in [0.15, 0.2) is 0 Å². The van der Waals surface area contributed by atoms with E-state index in [1.807, 2.05) is 74.5 Å². The minimum absolute atomic E-state index is 0.169. The number of aryl methyl sites for hydroxylation is 2. The molecule has 1 N–H and O–H groups in total. The lowest BCUT2D eigenvalue weighted by Gasteiger charge is -2.10. The maximum atomic E-state index is 12.8. The van der Waals surface area contributed by atoms with Gasteiger partial charge in [-0.2, -0.15) is 0 Å². The van der Waals surface area contributed by atoms with Crippen molar-refractivity contribution in [2.45, 2.75) is 20.4 Å². The highest BCUT2D eigenvalue weighted by Gasteiger charge is 2.10. The number of carbonyl (C=O) groups excluding carboxylic acids is 2. The summed E-state index contributed by atoms with van der Waals surface area (Å²) < 4.78 is 4.67. The van der Waals surface area contributed by atoms with E-state index in [9.17, 15) is 9.59 Å². The van der Waals surface area contributed by atoms with Gasteiger partial charge in [0.2, 0.25) is 0 Å². The summed E-state index contributed by atoms with van der Waals surface area (Å²) >= 11 is 0. The van der Waals surface area contributed by atoms with Crippen LogP contribution in [0.4, 0.5) is 0 Å². The number of amides is 1. The average molecular weight is 399 g/mol. The first kappa shape index (κ1) is 21.1. The van der Waals surface area contributed by atoms with Crippen molar-refractivity contribution in [1.29, 1.82) is 0 Å². The zero-order valence-corrected chi connectivity index (χ0v) is 17.4. The molecule has 4 heteroatoms. The molecule has 0 unspecified atom stereocenters. The first-order valence-electron chi connectivity index (χ1n) is 9.76. The first-order valence-corrected chi connectivity index (χ1v) is 9.76. The van der Waals surface area contributed by atoms with Crippen molar-refractivity contribution in [3.8, 4) is 11.1 Å². The number of hydrogen-bond acceptors (Lipinski definition) is 3. The van der Waals surface area contributed by atoms with E-state index in [-0.39, 0.29) is 5.91 Å². The molecular formula is C26H25NO3. The van der Waals surface area contributed by atoms with E-state index < -0.39 is 5.97 Å². The molecule has 152 valence electrons. The lowest BCUT2D eigenvalue weighted by molar-refractivity contribution is -0.134. The minimum Gasteiger partial charge on any atom is -0.466 e. The summed E-state index contributed by atoms with van der Waals surface area (Å²) in [6.45, 7) is 4.51. The van der Waals surface area contributed by atoms with Crippen molar-refractivity contribution < 1.29 is 14.3 Å². The monoisotopic (exact) mass is 399 g/mol. The predicted molar refractivity (Wildman–Crippen MR) is 120 cm³/mol. The van der Waals surface area contributed by atoms with E-state index in [2.05, 4.69) is 10.1 Å². The molecule has 0 bridgehead atoms. The number of ether oxygens (including phenoxy) is 1. The molecule has 0 saturated carbocycles. The highest BCUT2D eigenvalue weighted by molar-refractivity contribution is 5.97. The number of carbonyl (C=O) groups is 2. The molecule has 1 amide bonds. The Kier molecular flexibility index (Phi) is 6.81. The third-order valence-corrected chi connectivity index (χ3v) is 4.79. The summed E-state index contributed by atoms with van der Waals surface area (Å²) in [6, 6.07) is 21.7. The summed E-state index contributed by atoms with van der Waals surface area (Å²) in [7, 11) is 1.33. The Balaban J connectivity index is 1.88. The Labute approximate surface area is 177 Å². The van der Waals surface area contributed by atoms with Gasteiger partial charge in [0.05, 0.1) is 7.11 Å². The fourth-order valence-corrected chi connectivity index (χ4v) is 3.01. The fraction of sp³-hybridized carbons (Fsp3) is 0.154. The molecule has 0 aliphatic carbocycles. The molecule has 0 spiro atoms. The van der Waals surface area contributed by atoms with Gasteiger partial charge in [-0.3, -0.25) is 4.79 Å². The van der Waals surface area contributed by atoms with Crippen LogP contribution in [0.2, 0.25) is 0 Å². The second-order valence-electron chi connectivity index (χ2n) is 7.23. The maximum Gasteiger partial charge on any atom is 0.330 e. The van der Waals surface area contributed by atoms with Crippen LogP contribution in [-0.2, 0) is 16.1 Å². The van der Waals surface area contributed by atoms with Gasteiger partial charge in [-0.05, 0) is 60.4 Å². The molecule has 4 nitrogen and oxygen atoms in total. The molecule has 0 radical (unpaired) electrons. The zero-order chi connectivity index (χ0) is 21.5. The van der Waals surface area contributed by atoms with Gasteiger partial charge >= 0.3 is 5.97 Å². The molecule has 0 heterocycles. The Morgan fingerprint density at radius 2 is 1.50 bits per heavy atom. The summed E-state index contributed by atoms with van der Waals surface area (Å²) in [5.41, 5.74) is 6.57.